The van der Waals surface area contributed by atoms with Crippen LogP contribution >= 0.6 is 0 Å². The van der Waals surface area contributed by atoms with Gasteiger partial charge in [0.2, 0.25) is 0 Å². The summed E-state index contributed by atoms with van der Waals surface area (Å²) in [6.07, 6.45) is 1.85. The standard InChI is InChI=1S/C22H24N4O2/c1-14(2)18-9-10-19(24-23-18)16-6-4-7-17(13-16)22(27)26-11-5-8-20(26)21-12-15(3)25-28-21/h4,6-7,9-10,12-14,20H,5,8,11H2,1-3H3/t20-/m0/s1. The Balaban J connectivity index is 1.59. The molecule has 0 N–H and O–H groups in total. The first-order valence-electron chi connectivity index (χ1n) is 9.71. The molecule has 6 nitrogen and oxygen atoms in total. The molecule has 4 rings (SSSR count). The van der Waals surface area contributed by atoms with E-state index in [1.54, 1.807) is 0 Å². The Bertz CT molecular complexity index is 978. The number of likely N-dealkylation sites (tertiary alicyclic amines) is 1. The van der Waals surface area contributed by atoms with Crippen molar-refractivity contribution in [3.05, 3.63) is 65.2 Å². The zero-order valence-electron chi connectivity index (χ0n) is 16.4. The predicted octanol–water partition coefficient (Wildman–Crippen LogP) is 4.54. The molecule has 0 bridgehead atoms. The van der Waals surface area contributed by atoms with Gasteiger partial charge in [-0.3, -0.25) is 4.79 Å². The number of nitrogens with zero attached hydrogens (tertiary/aromatic N) is 4. The smallest absolute Gasteiger partial charge is 0.254 e. The highest BCUT2D eigenvalue weighted by Gasteiger charge is 2.33. The maximum atomic E-state index is 13.2. The highest BCUT2D eigenvalue weighted by molar-refractivity contribution is 5.95. The average molecular weight is 376 g/mol. The van der Waals surface area contributed by atoms with E-state index in [1.165, 1.54) is 0 Å². The molecular weight excluding hydrogens is 352 g/mol. The van der Waals surface area contributed by atoms with Crippen LogP contribution in [0.4, 0.5) is 0 Å². The zero-order chi connectivity index (χ0) is 19.7. The fourth-order valence-corrected chi connectivity index (χ4v) is 3.63. The van der Waals surface area contributed by atoms with E-state index in [2.05, 4.69) is 29.2 Å². The minimum absolute atomic E-state index is 0.00478. The molecule has 1 aromatic carbocycles. The minimum Gasteiger partial charge on any atom is -0.359 e. The monoisotopic (exact) mass is 376 g/mol. The zero-order valence-corrected chi connectivity index (χ0v) is 16.4. The summed E-state index contributed by atoms with van der Waals surface area (Å²) >= 11 is 0. The lowest BCUT2D eigenvalue weighted by Crippen LogP contribution is -2.30. The topological polar surface area (TPSA) is 72.1 Å². The molecule has 3 heterocycles. The van der Waals surface area contributed by atoms with Gasteiger partial charge in [-0.25, -0.2) is 0 Å². The van der Waals surface area contributed by atoms with Crippen LogP contribution in [0.5, 0.6) is 0 Å². The Morgan fingerprint density at radius 3 is 2.71 bits per heavy atom. The summed E-state index contributed by atoms with van der Waals surface area (Å²) in [5, 5.41) is 12.6. The van der Waals surface area contributed by atoms with Crippen molar-refractivity contribution in [2.75, 3.05) is 6.54 Å². The third kappa shape index (κ3) is 3.54. The molecule has 144 valence electrons. The predicted molar refractivity (Wildman–Crippen MR) is 106 cm³/mol. The number of benzene rings is 1. The summed E-state index contributed by atoms with van der Waals surface area (Å²) in [6, 6.07) is 13.4. The van der Waals surface area contributed by atoms with Crippen molar-refractivity contribution in [2.45, 2.75) is 45.6 Å². The number of aryl methyl sites for hydroxylation is 1. The van der Waals surface area contributed by atoms with E-state index in [4.69, 9.17) is 4.52 Å². The summed E-state index contributed by atoms with van der Waals surface area (Å²) in [5.41, 5.74) is 4.09. The Hall–Kier alpha value is -3.02. The Labute approximate surface area is 164 Å². The molecule has 0 radical (unpaired) electrons. The lowest BCUT2D eigenvalue weighted by molar-refractivity contribution is 0.0714. The van der Waals surface area contributed by atoms with Crippen molar-refractivity contribution in [3.8, 4) is 11.3 Å². The van der Waals surface area contributed by atoms with Crippen LogP contribution in [-0.4, -0.2) is 32.7 Å². The van der Waals surface area contributed by atoms with Gasteiger partial charge in [0, 0.05) is 23.7 Å². The first-order chi connectivity index (χ1) is 13.5. The lowest BCUT2D eigenvalue weighted by atomic mass is 10.0. The van der Waals surface area contributed by atoms with Crippen LogP contribution in [0.15, 0.2) is 47.0 Å². The van der Waals surface area contributed by atoms with Gasteiger partial charge < -0.3 is 9.42 Å². The van der Waals surface area contributed by atoms with Crippen LogP contribution in [0.1, 0.15) is 66.2 Å². The first kappa shape index (κ1) is 18.3. The van der Waals surface area contributed by atoms with Gasteiger partial charge in [0.1, 0.15) is 0 Å². The highest BCUT2D eigenvalue weighted by Crippen LogP contribution is 2.34. The Morgan fingerprint density at radius 2 is 2.04 bits per heavy atom. The fourth-order valence-electron chi connectivity index (χ4n) is 3.63. The van der Waals surface area contributed by atoms with E-state index in [-0.39, 0.29) is 11.9 Å². The molecule has 3 aromatic rings. The van der Waals surface area contributed by atoms with E-state index < -0.39 is 0 Å². The number of carbonyl (C=O) groups is 1. The molecule has 1 saturated heterocycles. The van der Waals surface area contributed by atoms with Gasteiger partial charge in [0.25, 0.3) is 5.91 Å². The Kier molecular flexibility index (Phi) is 4.94. The summed E-state index contributed by atoms with van der Waals surface area (Å²) in [4.78, 5) is 15.1. The van der Waals surface area contributed by atoms with Gasteiger partial charge in [-0.2, -0.15) is 10.2 Å². The second kappa shape index (κ2) is 7.54. The second-order valence-corrected chi connectivity index (χ2v) is 7.61. The van der Waals surface area contributed by atoms with Crippen molar-refractivity contribution in [1.29, 1.82) is 0 Å². The number of rotatable bonds is 4. The molecule has 1 fully saturated rings. The van der Waals surface area contributed by atoms with E-state index in [0.717, 1.165) is 47.8 Å². The summed E-state index contributed by atoms with van der Waals surface area (Å²) in [7, 11) is 0. The van der Waals surface area contributed by atoms with Gasteiger partial charge >= 0.3 is 0 Å². The van der Waals surface area contributed by atoms with Gasteiger partial charge in [0.15, 0.2) is 5.76 Å². The second-order valence-electron chi connectivity index (χ2n) is 7.61. The van der Waals surface area contributed by atoms with Crippen molar-refractivity contribution in [3.63, 3.8) is 0 Å². The molecular formula is C22H24N4O2. The van der Waals surface area contributed by atoms with Gasteiger partial charge in [-0.15, -0.1) is 0 Å². The average Bonchev–Trinajstić information content (AvgIpc) is 3.36. The lowest BCUT2D eigenvalue weighted by Gasteiger charge is -2.23. The van der Waals surface area contributed by atoms with Crippen molar-refractivity contribution in [1.82, 2.24) is 20.3 Å². The number of carbonyl (C=O) groups excluding carboxylic acids is 1. The largest absolute Gasteiger partial charge is 0.359 e. The van der Waals surface area contributed by atoms with Crippen LogP contribution in [0.2, 0.25) is 0 Å². The molecule has 0 spiro atoms. The minimum atomic E-state index is -0.0533. The quantitative estimate of drug-likeness (QED) is 0.668. The molecule has 28 heavy (non-hydrogen) atoms. The molecule has 6 heteroatoms. The van der Waals surface area contributed by atoms with Crippen LogP contribution in [0, 0.1) is 6.92 Å². The first-order valence-corrected chi connectivity index (χ1v) is 9.71. The van der Waals surface area contributed by atoms with Crippen molar-refractivity contribution < 1.29 is 9.32 Å². The van der Waals surface area contributed by atoms with E-state index >= 15 is 0 Å². The van der Waals surface area contributed by atoms with Crippen molar-refractivity contribution >= 4 is 5.91 Å². The molecule has 0 aliphatic carbocycles. The number of hydrogen-bond acceptors (Lipinski definition) is 5. The van der Waals surface area contributed by atoms with Gasteiger partial charge in [-0.05, 0) is 49.9 Å². The summed E-state index contributed by atoms with van der Waals surface area (Å²) in [6.45, 7) is 6.79. The van der Waals surface area contributed by atoms with E-state index in [0.29, 0.717) is 11.5 Å². The molecule has 1 aliphatic rings. The Morgan fingerprint density at radius 1 is 1.18 bits per heavy atom. The molecule has 1 aliphatic heterocycles. The van der Waals surface area contributed by atoms with Gasteiger partial charge in [0.05, 0.1) is 23.1 Å². The molecule has 1 amide bonds. The van der Waals surface area contributed by atoms with Crippen LogP contribution in [-0.2, 0) is 0 Å². The molecule has 2 aromatic heterocycles. The molecule has 0 saturated carbocycles. The fraction of sp³-hybridized carbons (Fsp3) is 0.364. The van der Waals surface area contributed by atoms with Crippen LogP contribution in [0.3, 0.4) is 0 Å². The number of hydrogen-bond donors (Lipinski definition) is 0. The van der Waals surface area contributed by atoms with E-state index in [1.807, 2.05) is 54.3 Å². The number of amides is 1. The third-order valence-electron chi connectivity index (χ3n) is 5.17. The van der Waals surface area contributed by atoms with Crippen LogP contribution in [0.25, 0.3) is 11.3 Å². The van der Waals surface area contributed by atoms with Gasteiger partial charge in [-0.1, -0.05) is 31.1 Å². The normalized spacial score (nSPS) is 16.7. The molecule has 0 unspecified atom stereocenters. The third-order valence-corrected chi connectivity index (χ3v) is 5.17. The summed E-state index contributed by atoms with van der Waals surface area (Å²) in [5.74, 6) is 1.10. The van der Waals surface area contributed by atoms with Crippen molar-refractivity contribution in [2.24, 2.45) is 0 Å². The van der Waals surface area contributed by atoms with E-state index in [9.17, 15) is 4.79 Å². The molecule has 1 atom stereocenters. The summed E-state index contributed by atoms with van der Waals surface area (Å²) < 4.78 is 5.43. The maximum Gasteiger partial charge on any atom is 0.254 e. The number of aromatic nitrogens is 3. The maximum absolute atomic E-state index is 13.2. The SMILES string of the molecule is Cc1cc([C@@H]2CCCN2C(=O)c2cccc(-c3ccc(C(C)C)nn3)c2)on1. The van der Waals surface area contributed by atoms with Crippen LogP contribution < -0.4 is 0 Å². The highest BCUT2D eigenvalue weighted by atomic mass is 16.5.